The lowest BCUT2D eigenvalue weighted by Gasteiger charge is -2.39. The van der Waals surface area contributed by atoms with Gasteiger partial charge in [-0.15, -0.1) is 0 Å². The molecular formula is C16H27NO3S. The second-order valence-electron chi connectivity index (χ2n) is 6.71. The molecule has 0 aromatic heterocycles. The van der Waals surface area contributed by atoms with Crippen LogP contribution in [0, 0.1) is 17.8 Å². The molecule has 2 aliphatic rings. The Labute approximate surface area is 131 Å². The highest BCUT2D eigenvalue weighted by atomic mass is 32.2. The third-order valence-electron chi connectivity index (χ3n) is 4.98. The summed E-state index contributed by atoms with van der Waals surface area (Å²) < 4.78 is 0. The minimum atomic E-state index is -0.802. The SMILES string of the molecule is CC(C)C1CCC(C(=O)N2CCSCC2CC(=O)O)CC1. The summed E-state index contributed by atoms with van der Waals surface area (Å²) in [6.45, 7) is 5.24. The fourth-order valence-electron chi connectivity index (χ4n) is 3.58. The topological polar surface area (TPSA) is 57.6 Å². The Morgan fingerprint density at radius 1 is 1.24 bits per heavy atom. The van der Waals surface area contributed by atoms with Gasteiger partial charge in [-0.3, -0.25) is 9.59 Å². The first-order chi connectivity index (χ1) is 9.99. The van der Waals surface area contributed by atoms with Gasteiger partial charge < -0.3 is 10.0 Å². The van der Waals surface area contributed by atoms with Crippen molar-refractivity contribution < 1.29 is 14.7 Å². The van der Waals surface area contributed by atoms with Gasteiger partial charge in [-0.25, -0.2) is 0 Å². The van der Waals surface area contributed by atoms with Crippen molar-refractivity contribution in [3.8, 4) is 0 Å². The Morgan fingerprint density at radius 2 is 1.90 bits per heavy atom. The molecule has 1 aliphatic heterocycles. The van der Waals surface area contributed by atoms with E-state index in [0.29, 0.717) is 12.5 Å². The summed E-state index contributed by atoms with van der Waals surface area (Å²) in [4.78, 5) is 25.6. The molecule has 0 aromatic rings. The summed E-state index contributed by atoms with van der Waals surface area (Å²) in [6.07, 6.45) is 4.32. The van der Waals surface area contributed by atoms with Crippen molar-refractivity contribution in [2.24, 2.45) is 17.8 Å². The molecule has 120 valence electrons. The lowest BCUT2D eigenvalue weighted by molar-refractivity contribution is -0.142. The molecule has 0 bridgehead atoms. The van der Waals surface area contributed by atoms with E-state index in [-0.39, 0.29) is 24.3 Å². The maximum Gasteiger partial charge on any atom is 0.305 e. The van der Waals surface area contributed by atoms with E-state index in [0.717, 1.165) is 43.1 Å². The van der Waals surface area contributed by atoms with Gasteiger partial charge in [-0.05, 0) is 37.5 Å². The zero-order chi connectivity index (χ0) is 15.4. The average Bonchev–Trinajstić information content (AvgIpc) is 2.46. The molecule has 1 heterocycles. The van der Waals surface area contributed by atoms with E-state index in [1.54, 1.807) is 11.8 Å². The van der Waals surface area contributed by atoms with Crippen LogP contribution in [0.2, 0.25) is 0 Å². The first kappa shape index (κ1) is 16.7. The van der Waals surface area contributed by atoms with Gasteiger partial charge in [0.1, 0.15) is 0 Å². The number of carboxylic acids is 1. The van der Waals surface area contributed by atoms with Crippen LogP contribution in [0.1, 0.15) is 46.0 Å². The maximum absolute atomic E-state index is 12.7. The number of hydrogen-bond acceptors (Lipinski definition) is 3. The summed E-state index contributed by atoms with van der Waals surface area (Å²) in [5, 5.41) is 9.02. The van der Waals surface area contributed by atoms with E-state index in [2.05, 4.69) is 13.8 Å². The van der Waals surface area contributed by atoms with E-state index in [9.17, 15) is 9.59 Å². The second-order valence-corrected chi connectivity index (χ2v) is 7.86. The standard InChI is InChI=1S/C16H27NO3S/c1-11(2)12-3-5-13(6-4-12)16(20)17-7-8-21-10-14(17)9-15(18)19/h11-14H,3-10H2,1-2H3,(H,18,19). The molecular weight excluding hydrogens is 286 g/mol. The Morgan fingerprint density at radius 3 is 2.48 bits per heavy atom. The molecule has 2 fully saturated rings. The Bertz CT molecular complexity index is 378. The lowest BCUT2D eigenvalue weighted by atomic mass is 9.76. The molecule has 1 atom stereocenters. The third kappa shape index (κ3) is 4.38. The largest absolute Gasteiger partial charge is 0.481 e. The molecule has 0 spiro atoms. The van der Waals surface area contributed by atoms with Crippen LogP contribution in [0.4, 0.5) is 0 Å². The van der Waals surface area contributed by atoms with Crippen LogP contribution in [0.25, 0.3) is 0 Å². The first-order valence-corrected chi connectivity index (χ1v) is 9.24. The van der Waals surface area contributed by atoms with Gasteiger partial charge in [-0.2, -0.15) is 11.8 Å². The Hall–Kier alpha value is -0.710. The molecule has 1 aliphatic carbocycles. The zero-order valence-corrected chi connectivity index (χ0v) is 13.9. The van der Waals surface area contributed by atoms with Crippen molar-refractivity contribution in [2.45, 2.75) is 52.0 Å². The number of aliphatic carboxylic acids is 1. The summed E-state index contributed by atoms with van der Waals surface area (Å²) in [6, 6.07) is -0.114. The van der Waals surface area contributed by atoms with E-state index in [1.165, 1.54) is 0 Å². The maximum atomic E-state index is 12.7. The Balaban J connectivity index is 1.93. The van der Waals surface area contributed by atoms with Crippen LogP contribution in [-0.2, 0) is 9.59 Å². The minimum Gasteiger partial charge on any atom is -0.481 e. The van der Waals surface area contributed by atoms with Crippen molar-refractivity contribution in [3.63, 3.8) is 0 Å². The van der Waals surface area contributed by atoms with Crippen LogP contribution >= 0.6 is 11.8 Å². The number of amides is 1. The van der Waals surface area contributed by atoms with E-state index in [1.807, 2.05) is 4.90 Å². The Kier molecular flexibility index (Phi) is 5.97. The predicted molar refractivity (Wildman–Crippen MR) is 85.4 cm³/mol. The van der Waals surface area contributed by atoms with Crippen LogP contribution in [0.5, 0.6) is 0 Å². The smallest absolute Gasteiger partial charge is 0.305 e. The first-order valence-electron chi connectivity index (χ1n) is 8.09. The molecule has 1 N–H and O–H groups in total. The summed E-state index contributed by atoms with van der Waals surface area (Å²) in [5.41, 5.74) is 0. The van der Waals surface area contributed by atoms with Crippen molar-refractivity contribution in [1.29, 1.82) is 0 Å². The van der Waals surface area contributed by atoms with Crippen molar-refractivity contribution in [2.75, 3.05) is 18.1 Å². The van der Waals surface area contributed by atoms with E-state index in [4.69, 9.17) is 5.11 Å². The molecule has 0 aromatic carbocycles. The van der Waals surface area contributed by atoms with Crippen LogP contribution in [0.3, 0.4) is 0 Å². The fourth-order valence-corrected chi connectivity index (χ4v) is 4.65. The van der Waals surface area contributed by atoms with Crippen LogP contribution < -0.4 is 0 Å². The van der Waals surface area contributed by atoms with Gasteiger partial charge in [0.15, 0.2) is 0 Å². The van der Waals surface area contributed by atoms with Crippen LogP contribution in [-0.4, -0.2) is 46.0 Å². The van der Waals surface area contributed by atoms with Crippen LogP contribution in [0.15, 0.2) is 0 Å². The molecule has 1 unspecified atom stereocenters. The lowest BCUT2D eigenvalue weighted by Crippen LogP contribution is -2.49. The van der Waals surface area contributed by atoms with Gasteiger partial charge in [0.25, 0.3) is 0 Å². The summed E-state index contributed by atoms with van der Waals surface area (Å²) in [5.74, 6) is 2.68. The molecule has 2 rings (SSSR count). The van der Waals surface area contributed by atoms with Crippen molar-refractivity contribution in [3.05, 3.63) is 0 Å². The van der Waals surface area contributed by atoms with Crippen molar-refractivity contribution >= 4 is 23.6 Å². The normalized spacial score (nSPS) is 30.4. The molecule has 1 saturated carbocycles. The molecule has 1 amide bonds. The third-order valence-corrected chi connectivity index (χ3v) is 6.08. The van der Waals surface area contributed by atoms with Crippen molar-refractivity contribution in [1.82, 2.24) is 4.90 Å². The molecule has 5 heteroatoms. The highest BCUT2D eigenvalue weighted by Gasteiger charge is 2.35. The highest BCUT2D eigenvalue weighted by Crippen LogP contribution is 2.35. The highest BCUT2D eigenvalue weighted by molar-refractivity contribution is 7.99. The van der Waals surface area contributed by atoms with Gasteiger partial charge in [0, 0.05) is 24.0 Å². The number of carbonyl (C=O) groups is 2. The van der Waals surface area contributed by atoms with Gasteiger partial charge >= 0.3 is 5.97 Å². The van der Waals surface area contributed by atoms with Gasteiger partial charge in [0.2, 0.25) is 5.91 Å². The zero-order valence-electron chi connectivity index (χ0n) is 13.1. The van der Waals surface area contributed by atoms with E-state index < -0.39 is 5.97 Å². The molecule has 21 heavy (non-hydrogen) atoms. The number of nitrogens with zero attached hydrogens (tertiary/aromatic N) is 1. The summed E-state index contributed by atoms with van der Waals surface area (Å²) >= 11 is 1.76. The molecule has 1 saturated heterocycles. The number of carbonyl (C=O) groups excluding carboxylic acids is 1. The predicted octanol–water partition coefficient (Wildman–Crippen LogP) is 2.87. The van der Waals surface area contributed by atoms with Gasteiger partial charge in [-0.1, -0.05) is 13.8 Å². The molecule has 4 nitrogen and oxygen atoms in total. The fraction of sp³-hybridized carbons (Fsp3) is 0.875. The number of hydrogen-bond donors (Lipinski definition) is 1. The monoisotopic (exact) mass is 313 g/mol. The summed E-state index contributed by atoms with van der Waals surface area (Å²) in [7, 11) is 0. The molecule has 0 radical (unpaired) electrons. The average molecular weight is 313 g/mol. The second kappa shape index (κ2) is 7.52. The number of rotatable bonds is 4. The number of carboxylic acid groups (broad SMARTS) is 1. The number of thioether (sulfide) groups is 1. The minimum absolute atomic E-state index is 0.0834. The van der Waals surface area contributed by atoms with E-state index >= 15 is 0 Å². The quantitative estimate of drug-likeness (QED) is 0.867. The van der Waals surface area contributed by atoms with Gasteiger partial charge in [0.05, 0.1) is 12.5 Å².